The maximum absolute atomic E-state index is 14.6. The highest BCUT2D eigenvalue weighted by atomic mass is 16.2. The lowest BCUT2D eigenvalue weighted by Crippen LogP contribution is -2.62. The van der Waals surface area contributed by atoms with Crippen molar-refractivity contribution in [2.45, 2.75) is 108 Å². The first kappa shape index (κ1) is 49.8. The maximum atomic E-state index is 14.6. The molecule has 356 valence electrons. The molecule has 18 N–H and O–H groups in total. The van der Waals surface area contributed by atoms with Crippen LogP contribution in [0.15, 0.2) is 70.9 Å². The van der Waals surface area contributed by atoms with Crippen LogP contribution in [0.2, 0.25) is 0 Å². The van der Waals surface area contributed by atoms with Gasteiger partial charge in [0, 0.05) is 60.1 Å². The Morgan fingerprint density at radius 1 is 0.515 bits per heavy atom. The van der Waals surface area contributed by atoms with Crippen molar-refractivity contribution in [3.05, 3.63) is 72.1 Å². The van der Waals surface area contributed by atoms with E-state index in [-0.39, 0.29) is 70.0 Å². The maximum Gasteiger partial charge on any atom is 0.243 e. The van der Waals surface area contributed by atoms with Crippen LogP contribution in [-0.2, 0) is 41.6 Å². The van der Waals surface area contributed by atoms with Crippen molar-refractivity contribution in [1.82, 2.24) is 41.9 Å². The first-order valence-electron chi connectivity index (χ1n) is 22.4. The Hall–Kier alpha value is -7.16. The molecule has 6 amide bonds. The summed E-state index contributed by atoms with van der Waals surface area (Å²) in [4.78, 5) is 101. The Kier molecular flexibility index (Phi) is 18.3. The van der Waals surface area contributed by atoms with Gasteiger partial charge in [-0.1, -0.05) is 50.2 Å². The molecule has 1 fully saturated rings. The molecule has 5 rings (SSSR count). The van der Waals surface area contributed by atoms with Gasteiger partial charge in [-0.15, -0.1) is 0 Å². The Labute approximate surface area is 383 Å². The molecule has 3 heterocycles. The number of nitrogens with zero attached hydrogens (tertiary/aromatic N) is 2. The third kappa shape index (κ3) is 14.2. The van der Waals surface area contributed by atoms with Crippen LogP contribution >= 0.6 is 0 Å². The number of para-hydroxylation sites is 2. The number of hydrogen-bond acceptors (Lipinski definition) is 9. The number of guanidine groups is 2. The number of nitrogens with two attached hydrogens (primary N) is 5. The third-order valence-electron chi connectivity index (χ3n) is 11.4. The monoisotopic (exact) mass is 912 g/mol. The predicted molar refractivity (Wildman–Crippen MR) is 253 cm³/mol. The van der Waals surface area contributed by atoms with E-state index in [0.29, 0.717) is 30.5 Å². The second-order valence-electron chi connectivity index (χ2n) is 16.8. The smallest absolute Gasteiger partial charge is 0.243 e. The highest BCUT2D eigenvalue weighted by molar-refractivity contribution is 5.99. The summed E-state index contributed by atoms with van der Waals surface area (Å²) in [6.45, 7) is 4.06. The molecule has 1 aliphatic rings. The summed E-state index contributed by atoms with van der Waals surface area (Å²) in [5, 5.41) is 18.6. The molecule has 6 atom stereocenters. The normalized spacial score (nSPS) is 21.5. The number of carbonyl (C=O) groups is 6. The van der Waals surface area contributed by atoms with Crippen LogP contribution in [0, 0.1) is 5.92 Å². The summed E-state index contributed by atoms with van der Waals surface area (Å²) in [5.41, 5.74) is 31.1. The van der Waals surface area contributed by atoms with Crippen LogP contribution in [0.1, 0.15) is 69.9 Å². The van der Waals surface area contributed by atoms with Gasteiger partial charge in [0.1, 0.15) is 36.3 Å². The van der Waals surface area contributed by atoms with Crippen LogP contribution in [-0.4, -0.2) is 113 Å². The Bertz CT molecular complexity index is 2370. The Balaban J connectivity index is 1.58. The highest BCUT2D eigenvalue weighted by Gasteiger charge is 2.36. The van der Waals surface area contributed by atoms with E-state index in [2.05, 4.69) is 51.9 Å². The molecule has 2 aromatic carbocycles. The quantitative estimate of drug-likeness (QED) is 0.0355. The average molecular weight is 912 g/mol. The number of aromatic amines is 2. The van der Waals surface area contributed by atoms with Gasteiger partial charge in [0.2, 0.25) is 35.4 Å². The summed E-state index contributed by atoms with van der Waals surface area (Å²) in [7, 11) is 0. The minimum Gasteiger partial charge on any atom is -0.370 e. The molecule has 21 heteroatoms. The van der Waals surface area contributed by atoms with Gasteiger partial charge >= 0.3 is 0 Å². The van der Waals surface area contributed by atoms with Crippen molar-refractivity contribution < 1.29 is 28.8 Å². The number of rotatable bonds is 17. The van der Waals surface area contributed by atoms with Crippen LogP contribution in [0.25, 0.3) is 21.8 Å². The molecule has 0 saturated carbocycles. The van der Waals surface area contributed by atoms with Crippen molar-refractivity contribution >= 4 is 69.2 Å². The predicted octanol–water partition coefficient (Wildman–Crippen LogP) is -0.751. The second kappa shape index (κ2) is 24.2. The molecule has 21 nitrogen and oxygen atoms in total. The van der Waals surface area contributed by atoms with Crippen molar-refractivity contribution in [2.24, 2.45) is 44.6 Å². The fraction of sp³-hybridized carbons (Fsp3) is 0.467. The first-order chi connectivity index (χ1) is 31.6. The highest BCUT2D eigenvalue weighted by Crippen LogP contribution is 2.21. The molecule has 0 unspecified atom stereocenters. The van der Waals surface area contributed by atoms with E-state index in [4.69, 9.17) is 28.7 Å². The fourth-order valence-corrected chi connectivity index (χ4v) is 7.91. The van der Waals surface area contributed by atoms with Crippen LogP contribution in [0.5, 0.6) is 0 Å². The minimum atomic E-state index is -1.27. The van der Waals surface area contributed by atoms with Gasteiger partial charge in [0.25, 0.3) is 0 Å². The summed E-state index contributed by atoms with van der Waals surface area (Å²) in [5.74, 6) is -4.93. The molecule has 0 spiro atoms. The lowest BCUT2D eigenvalue weighted by atomic mass is 9.98. The lowest BCUT2D eigenvalue weighted by Gasteiger charge is -2.30. The molecular weight excluding hydrogens is 847 g/mol. The fourth-order valence-electron chi connectivity index (χ4n) is 7.91. The van der Waals surface area contributed by atoms with E-state index in [1.165, 1.54) is 0 Å². The number of amides is 6. The Morgan fingerprint density at radius 2 is 0.894 bits per heavy atom. The van der Waals surface area contributed by atoms with Crippen LogP contribution in [0.3, 0.4) is 0 Å². The largest absolute Gasteiger partial charge is 0.370 e. The zero-order valence-electron chi connectivity index (χ0n) is 37.5. The molecule has 1 aliphatic heterocycles. The summed E-state index contributed by atoms with van der Waals surface area (Å²) >= 11 is 0. The Morgan fingerprint density at radius 3 is 1.32 bits per heavy atom. The summed E-state index contributed by atoms with van der Waals surface area (Å²) in [6, 6.07) is 7.55. The molecule has 2 aromatic heterocycles. The molecule has 0 bridgehead atoms. The lowest BCUT2D eigenvalue weighted by molar-refractivity contribution is -0.137. The second-order valence-corrected chi connectivity index (χ2v) is 16.8. The zero-order chi connectivity index (χ0) is 47.8. The van der Waals surface area contributed by atoms with Crippen molar-refractivity contribution in [2.75, 3.05) is 19.6 Å². The van der Waals surface area contributed by atoms with E-state index in [1.807, 2.05) is 48.5 Å². The summed E-state index contributed by atoms with van der Waals surface area (Å²) < 4.78 is 0. The number of carbonyl (C=O) groups excluding carboxylic acids is 6. The van der Waals surface area contributed by atoms with E-state index >= 15 is 0 Å². The number of aromatic nitrogens is 2. The van der Waals surface area contributed by atoms with Crippen LogP contribution in [0.4, 0.5) is 0 Å². The number of benzene rings is 2. The van der Waals surface area contributed by atoms with E-state index < -0.39 is 77.6 Å². The minimum absolute atomic E-state index is 0.00585. The first-order valence-corrected chi connectivity index (χ1v) is 22.4. The van der Waals surface area contributed by atoms with Gasteiger partial charge in [0.05, 0.1) is 0 Å². The van der Waals surface area contributed by atoms with Gasteiger partial charge < -0.3 is 70.5 Å². The van der Waals surface area contributed by atoms with Gasteiger partial charge in [-0.25, -0.2) is 0 Å². The van der Waals surface area contributed by atoms with E-state index in [9.17, 15) is 28.8 Å². The molecule has 0 radical (unpaired) electrons. The summed E-state index contributed by atoms with van der Waals surface area (Å²) in [6.07, 6.45) is 5.13. The SMILES string of the molecule is CC(C)[C@@H]1NC(=O)[C@H](Cc2c[nH]c3ccccc23)NC(=O)[C@H](CCCN=C(N)N)NC(=O)[C@H](CCCN=C(N)N)NC(=O)[C@H](Cc2c[nH]c3ccccc23)NC(=O)[C@H](CCCCN)NC1=O. The standard InChI is InChI=1S/C45H65N15O6/c1-25(2)37-43(66)57-32(15-7-8-18-46)39(62)58-35(21-26-23-53-30-13-5-3-11-28(26)30)41(64)56-33(16-9-19-51-44(47)48)38(61)55-34(17-10-20-52-45(49)50)40(63)59-36(42(65)60-37)22-27-24-54-31-14-6-4-12-29(27)31/h3-6,11-14,23-25,32-37,53-54H,7-10,15-22,46H2,1-2H3,(H,55,61)(H,56,64)(H,57,66)(H,58,62)(H,59,63)(H,60,65)(H4,47,48,51)(H4,49,50,52)/t32-,33-,34-,35-,36-,37-/m0/s1. The topological polar surface area (TPSA) is 361 Å². The number of hydrogen-bond donors (Lipinski definition) is 13. The number of H-pyrrole nitrogens is 2. The zero-order valence-corrected chi connectivity index (χ0v) is 37.5. The molecule has 4 aromatic rings. The molecule has 1 saturated heterocycles. The van der Waals surface area contributed by atoms with Crippen molar-refractivity contribution in [3.63, 3.8) is 0 Å². The van der Waals surface area contributed by atoms with Gasteiger partial charge in [-0.05, 0) is 80.7 Å². The third-order valence-corrected chi connectivity index (χ3v) is 11.4. The average Bonchev–Trinajstić information content (AvgIpc) is 3.89. The van der Waals surface area contributed by atoms with E-state index in [1.54, 1.807) is 26.2 Å². The van der Waals surface area contributed by atoms with Crippen molar-refractivity contribution in [1.29, 1.82) is 0 Å². The van der Waals surface area contributed by atoms with Gasteiger partial charge in [-0.3, -0.25) is 38.8 Å². The molecular formula is C45H65N15O6. The number of fused-ring (bicyclic) bond motifs is 2. The number of aliphatic imine (C=N–C) groups is 2. The van der Waals surface area contributed by atoms with Crippen LogP contribution < -0.4 is 60.6 Å². The number of nitrogens with one attached hydrogen (secondary N) is 8. The van der Waals surface area contributed by atoms with Crippen molar-refractivity contribution in [3.8, 4) is 0 Å². The number of unbranched alkanes of at least 4 members (excludes halogenated alkanes) is 1. The molecule has 66 heavy (non-hydrogen) atoms. The molecule has 0 aliphatic carbocycles. The van der Waals surface area contributed by atoms with Gasteiger partial charge in [0.15, 0.2) is 11.9 Å². The van der Waals surface area contributed by atoms with Gasteiger partial charge in [-0.2, -0.15) is 0 Å². The van der Waals surface area contributed by atoms with E-state index in [0.717, 1.165) is 21.8 Å².